The summed E-state index contributed by atoms with van der Waals surface area (Å²) in [7, 11) is 0. The average Bonchev–Trinajstić information content (AvgIpc) is 3.48. The molecule has 15 nitrogen and oxygen atoms in total. The maximum Gasteiger partial charge on any atom is 0.433 e. The third-order valence-electron chi connectivity index (χ3n) is 3.35. The summed E-state index contributed by atoms with van der Waals surface area (Å²) in [4.78, 5) is 43.5. The second-order valence-electron chi connectivity index (χ2n) is 5.43. The quantitative estimate of drug-likeness (QED) is 0.303. The minimum atomic E-state index is -0.803. The zero-order valence-electron chi connectivity index (χ0n) is 15.1. The molecule has 0 atom stereocenters. The molecule has 3 heterocycles. The van der Waals surface area contributed by atoms with Gasteiger partial charge in [0.15, 0.2) is 23.0 Å². The monoisotopic (exact) mass is 430 g/mol. The van der Waals surface area contributed by atoms with E-state index in [9.17, 15) is 29.8 Å². The molecular weight excluding hydrogens is 420 g/mol. The van der Waals surface area contributed by atoms with Gasteiger partial charge in [-0.3, -0.25) is 29.8 Å². The number of nitrogens with one attached hydrogen (secondary N) is 2. The summed E-state index contributed by atoms with van der Waals surface area (Å²) in [6.07, 6.45) is 2.07. The van der Waals surface area contributed by atoms with E-state index in [1.165, 1.54) is 24.3 Å². The summed E-state index contributed by atoms with van der Waals surface area (Å²) in [6.45, 7) is 0. The van der Waals surface area contributed by atoms with E-state index in [4.69, 9.17) is 13.3 Å². The fourth-order valence-electron chi connectivity index (χ4n) is 2.02. The van der Waals surface area contributed by atoms with Crippen LogP contribution < -0.4 is 10.9 Å². The summed E-state index contributed by atoms with van der Waals surface area (Å²) >= 11 is 0. The van der Waals surface area contributed by atoms with Gasteiger partial charge in [-0.2, -0.15) is 10.2 Å². The highest BCUT2D eigenvalue weighted by Gasteiger charge is 2.16. The average molecular weight is 430 g/mol. The van der Waals surface area contributed by atoms with Crippen LogP contribution in [0.25, 0.3) is 0 Å². The van der Waals surface area contributed by atoms with Gasteiger partial charge in [0.1, 0.15) is 9.85 Å². The molecule has 0 saturated heterocycles. The number of hydrogen-bond donors (Lipinski definition) is 2. The number of carbonyl (C=O) groups excluding carboxylic acids is 2. The predicted molar refractivity (Wildman–Crippen MR) is 99.6 cm³/mol. The van der Waals surface area contributed by atoms with E-state index in [0.29, 0.717) is 0 Å². The van der Waals surface area contributed by atoms with Crippen LogP contribution in [0.15, 0.2) is 59.9 Å². The number of hydrazone groups is 2. The van der Waals surface area contributed by atoms with Crippen LogP contribution in [0, 0.1) is 20.2 Å². The standard InChI is InChI=1S/C16H10N6O9/c23-15(19-17-7-9-1-5-13(29-9)21(25)26)11-3-4-12(31-11)16(24)20-18-8-10-2-6-14(30-10)22(27)28/h1-8H,(H,19,23)(H,20,24)/b17-7+,18-8+. The van der Waals surface area contributed by atoms with E-state index in [0.717, 1.165) is 24.6 Å². The smallest absolute Gasteiger partial charge is 0.433 e. The van der Waals surface area contributed by atoms with E-state index in [1.54, 1.807) is 0 Å². The van der Waals surface area contributed by atoms with Gasteiger partial charge in [-0.25, -0.2) is 10.9 Å². The fourth-order valence-corrected chi connectivity index (χ4v) is 2.02. The van der Waals surface area contributed by atoms with Gasteiger partial charge in [0, 0.05) is 0 Å². The number of carbonyl (C=O) groups is 2. The Morgan fingerprint density at radius 2 is 1.16 bits per heavy atom. The Labute approximate surface area is 170 Å². The van der Waals surface area contributed by atoms with E-state index in [-0.39, 0.29) is 23.0 Å². The fraction of sp³-hybridized carbons (Fsp3) is 0. The second kappa shape index (κ2) is 8.95. The van der Waals surface area contributed by atoms with Crippen molar-refractivity contribution < 1.29 is 32.7 Å². The van der Waals surface area contributed by atoms with E-state index < -0.39 is 33.4 Å². The Morgan fingerprint density at radius 1 is 0.742 bits per heavy atom. The molecule has 0 aliphatic heterocycles. The predicted octanol–water partition coefficient (Wildman–Crippen LogP) is 1.81. The molecule has 0 aliphatic carbocycles. The van der Waals surface area contributed by atoms with Gasteiger partial charge in [-0.05, 0) is 24.3 Å². The van der Waals surface area contributed by atoms with Crippen molar-refractivity contribution in [1.29, 1.82) is 0 Å². The Hall–Kier alpha value is -5.08. The number of furan rings is 3. The third kappa shape index (κ3) is 5.25. The summed E-state index contributed by atoms with van der Waals surface area (Å²) in [5.41, 5.74) is 4.18. The van der Waals surface area contributed by atoms with E-state index in [1.807, 2.05) is 0 Å². The number of nitro groups is 2. The van der Waals surface area contributed by atoms with Crippen LogP contribution in [0.1, 0.15) is 32.6 Å². The first kappa shape index (κ1) is 20.6. The van der Waals surface area contributed by atoms with Crippen molar-refractivity contribution in [2.75, 3.05) is 0 Å². The Balaban J connectivity index is 1.53. The summed E-state index contributed by atoms with van der Waals surface area (Å²) in [6, 6.07) is 7.22. The second-order valence-corrected chi connectivity index (χ2v) is 5.43. The highest BCUT2D eigenvalue weighted by atomic mass is 16.7. The molecule has 31 heavy (non-hydrogen) atoms. The number of nitrogens with zero attached hydrogens (tertiary/aromatic N) is 4. The van der Waals surface area contributed by atoms with Crippen LogP contribution in [0.2, 0.25) is 0 Å². The zero-order valence-corrected chi connectivity index (χ0v) is 15.1. The third-order valence-corrected chi connectivity index (χ3v) is 3.35. The van der Waals surface area contributed by atoms with Crippen LogP contribution >= 0.6 is 0 Å². The first-order valence-corrected chi connectivity index (χ1v) is 8.08. The van der Waals surface area contributed by atoms with Crippen molar-refractivity contribution in [3.05, 3.63) is 79.7 Å². The first-order chi connectivity index (χ1) is 14.8. The summed E-state index contributed by atoms with van der Waals surface area (Å²) < 4.78 is 14.7. The minimum Gasteiger partial charge on any atom is -0.446 e. The largest absolute Gasteiger partial charge is 0.446 e. The molecule has 158 valence electrons. The molecular formula is C16H10N6O9. The molecule has 0 fully saturated rings. The lowest BCUT2D eigenvalue weighted by Crippen LogP contribution is -2.18. The summed E-state index contributed by atoms with van der Waals surface area (Å²) in [5, 5.41) is 28.2. The summed E-state index contributed by atoms with van der Waals surface area (Å²) in [5.74, 6) is -3.01. The van der Waals surface area contributed by atoms with Crippen LogP contribution in [-0.4, -0.2) is 34.1 Å². The van der Waals surface area contributed by atoms with Gasteiger partial charge in [0.05, 0.1) is 24.6 Å². The topological polar surface area (TPSA) is 209 Å². The number of hydrogen-bond acceptors (Lipinski definition) is 11. The van der Waals surface area contributed by atoms with Gasteiger partial charge in [0.25, 0.3) is 0 Å². The van der Waals surface area contributed by atoms with Gasteiger partial charge in [-0.1, -0.05) is 0 Å². The molecule has 0 aliphatic rings. The highest BCUT2D eigenvalue weighted by molar-refractivity contribution is 5.96. The molecule has 3 aromatic heterocycles. The highest BCUT2D eigenvalue weighted by Crippen LogP contribution is 2.14. The normalized spacial score (nSPS) is 11.1. The molecule has 0 radical (unpaired) electrons. The van der Waals surface area contributed by atoms with Crippen molar-refractivity contribution in [2.45, 2.75) is 0 Å². The van der Waals surface area contributed by atoms with Crippen molar-refractivity contribution in [3.63, 3.8) is 0 Å². The Bertz CT molecular complexity index is 1110. The molecule has 3 rings (SSSR count). The lowest BCUT2D eigenvalue weighted by molar-refractivity contribution is -0.402. The van der Waals surface area contributed by atoms with E-state index >= 15 is 0 Å². The van der Waals surface area contributed by atoms with Crippen LogP contribution in [-0.2, 0) is 0 Å². The number of amides is 2. The van der Waals surface area contributed by atoms with E-state index in [2.05, 4.69) is 21.1 Å². The maximum atomic E-state index is 12.0. The van der Waals surface area contributed by atoms with Crippen molar-refractivity contribution >= 4 is 36.0 Å². The van der Waals surface area contributed by atoms with Crippen LogP contribution in [0.3, 0.4) is 0 Å². The SMILES string of the molecule is O=C(N/N=C/c1ccc([N+](=O)[O-])o1)c1ccc(C(=O)N/N=C/c2ccc([N+](=O)[O-])o2)o1. The van der Waals surface area contributed by atoms with Crippen molar-refractivity contribution in [1.82, 2.24) is 10.9 Å². The minimum absolute atomic E-state index is 0.0336. The molecule has 15 heteroatoms. The van der Waals surface area contributed by atoms with Gasteiger partial charge >= 0.3 is 23.6 Å². The van der Waals surface area contributed by atoms with Crippen LogP contribution in [0.4, 0.5) is 11.8 Å². The van der Waals surface area contributed by atoms with Gasteiger partial charge in [-0.15, -0.1) is 0 Å². The van der Waals surface area contributed by atoms with Crippen LogP contribution in [0.5, 0.6) is 0 Å². The molecule has 0 bridgehead atoms. The lowest BCUT2D eigenvalue weighted by Gasteiger charge is -1.96. The maximum absolute atomic E-state index is 12.0. The Morgan fingerprint density at radius 3 is 1.52 bits per heavy atom. The van der Waals surface area contributed by atoms with Crippen molar-refractivity contribution in [2.24, 2.45) is 10.2 Å². The molecule has 0 unspecified atom stereocenters. The molecule has 0 spiro atoms. The number of rotatable bonds is 8. The molecule has 0 saturated carbocycles. The molecule has 2 N–H and O–H groups in total. The van der Waals surface area contributed by atoms with Gasteiger partial charge in [0.2, 0.25) is 0 Å². The molecule has 0 aromatic carbocycles. The first-order valence-electron chi connectivity index (χ1n) is 8.08. The van der Waals surface area contributed by atoms with Crippen molar-refractivity contribution in [3.8, 4) is 0 Å². The molecule has 3 aromatic rings. The molecule has 2 amide bonds. The van der Waals surface area contributed by atoms with Gasteiger partial charge < -0.3 is 13.3 Å². The zero-order chi connectivity index (χ0) is 22.4. The Kier molecular flexibility index (Phi) is 5.96. The lowest BCUT2D eigenvalue weighted by atomic mass is 10.4.